The normalized spacial score (nSPS) is 10.2. The summed E-state index contributed by atoms with van der Waals surface area (Å²) in [5, 5.41) is 0.580. The highest BCUT2D eigenvalue weighted by Crippen LogP contribution is 2.42. The average molecular weight is 328 g/mol. The van der Waals surface area contributed by atoms with Crippen LogP contribution in [-0.2, 0) is 0 Å². The van der Waals surface area contributed by atoms with Crippen molar-refractivity contribution in [3.63, 3.8) is 0 Å². The first kappa shape index (κ1) is 13.2. The van der Waals surface area contributed by atoms with Gasteiger partial charge in [-0.2, -0.15) is 0 Å². The molecule has 0 saturated heterocycles. The molecule has 94 valence electrons. The van der Waals surface area contributed by atoms with Crippen molar-refractivity contribution in [3.8, 4) is 22.6 Å². The van der Waals surface area contributed by atoms with Crippen LogP contribution in [-0.4, -0.2) is 14.2 Å². The Balaban J connectivity index is 2.66. The lowest BCUT2D eigenvalue weighted by molar-refractivity contribution is 0.412. The molecule has 0 aliphatic carbocycles. The fraction of sp³-hybridized carbons (Fsp3) is 0.143. The molecule has 4 heteroatoms. The lowest BCUT2D eigenvalue weighted by Gasteiger charge is -2.13. The predicted octanol–water partition coefficient (Wildman–Crippen LogP) is 4.79. The number of methoxy groups -OCH3 is 2. The third-order valence-corrected chi connectivity index (χ3v) is 3.66. The molecule has 0 unspecified atom stereocenters. The zero-order valence-corrected chi connectivity index (χ0v) is 12.4. The molecule has 18 heavy (non-hydrogen) atoms. The van der Waals surface area contributed by atoms with Crippen molar-refractivity contribution in [2.75, 3.05) is 14.2 Å². The smallest absolute Gasteiger partial charge is 0.140 e. The molecule has 0 amide bonds. The fourth-order valence-corrected chi connectivity index (χ4v) is 2.64. The molecule has 0 N–H and O–H groups in total. The summed E-state index contributed by atoms with van der Waals surface area (Å²) in [7, 11) is 3.24. The Hall–Kier alpha value is -1.19. The molecular weight excluding hydrogens is 316 g/mol. The van der Waals surface area contributed by atoms with Crippen LogP contribution >= 0.6 is 27.5 Å². The number of ether oxygens (including phenoxy) is 2. The summed E-state index contributed by atoms with van der Waals surface area (Å²) in [5.74, 6) is 1.41. The summed E-state index contributed by atoms with van der Waals surface area (Å²) >= 11 is 9.79. The van der Waals surface area contributed by atoms with Gasteiger partial charge in [0.2, 0.25) is 0 Å². The van der Waals surface area contributed by atoms with E-state index in [1.165, 1.54) is 0 Å². The molecule has 0 bridgehead atoms. The Morgan fingerprint density at radius 2 is 1.61 bits per heavy atom. The maximum atomic E-state index is 6.33. The van der Waals surface area contributed by atoms with Gasteiger partial charge in [-0.05, 0) is 28.1 Å². The highest BCUT2D eigenvalue weighted by atomic mass is 79.9. The second-order valence-corrected chi connectivity index (χ2v) is 4.87. The molecule has 0 saturated carbocycles. The Kier molecular flexibility index (Phi) is 4.15. The van der Waals surface area contributed by atoms with E-state index in [1.807, 2.05) is 36.4 Å². The molecule has 2 nitrogen and oxygen atoms in total. The van der Waals surface area contributed by atoms with Gasteiger partial charge < -0.3 is 9.47 Å². The summed E-state index contributed by atoms with van der Waals surface area (Å²) in [6.07, 6.45) is 0. The SMILES string of the molecule is COc1cccc(-c2cccc(Br)c2OC)c1Cl. The maximum absolute atomic E-state index is 6.33. The second-order valence-electron chi connectivity index (χ2n) is 3.64. The van der Waals surface area contributed by atoms with Crippen molar-refractivity contribution in [2.45, 2.75) is 0 Å². The first-order valence-electron chi connectivity index (χ1n) is 5.34. The largest absolute Gasteiger partial charge is 0.495 e. The van der Waals surface area contributed by atoms with Crippen molar-refractivity contribution in [2.24, 2.45) is 0 Å². The van der Waals surface area contributed by atoms with Crippen molar-refractivity contribution >= 4 is 27.5 Å². The molecule has 0 fully saturated rings. The van der Waals surface area contributed by atoms with Crippen LogP contribution in [0.15, 0.2) is 40.9 Å². The topological polar surface area (TPSA) is 18.5 Å². The van der Waals surface area contributed by atoms with E-state index in [9.17, 15) is 0 Å². The molecule has 0 radical (unpaired) electrons. The number of hydrogen-bond acceptors (Lipinski definition) is 2. The maximum Gasteiger partial charge on any atom is 0.140 e. The van der Waals surface area contributed by atoms with Crippen LogP contribution in [0.3, 0.4) is 0 Å². The quantitative estimate of drug-likeness (QED) is 0.807. The highest BCUT2D eigenvalue weighted by molar-refractivity contribution is 9.10. The summed E-state index contributed by atoms with van der Waals surface area (Å²) in [4.78, 5) is 0. The highest BCUT2D eigenvalue weighted by Gasteiger charge is 2.14. The number of halogens is 2. The van der Waals surface area contributed by atoms with Gasteiger partial charge in [0.1, 0.15) is 11.5 Å². The van der Waals surface area contributed by atoms with Gasteiger partial charge in [0.15, 0.2) is 0 Å². The van der Waals surface area contributed by atoms with E-state index in [0.717, 1.165) is 21.3 Å². The minimum Gasteiger partial charge on any atom is -0.495 e. The standard InChI is InChI=1S/C14H12BrClO2/c1-17-12-8-4-5-9(13(12)16)10-6-3-7-11(15)14(10)18-2/h3-8H,1-2H3. The molecule has 0 spiro atoms. The van der Waals surface area contributed by atoms with Gasteiger partial charge in [0, 0.05) is 11.1 Å². The zero-order valence-electron chi connectivity index (χ0n) is 10.0. The van der Waals surface area contributed by atoms with Gasteiger partial charge in [-0.1, -0.05) is 35.9 Å². The molecular formula is C14H12BrClO2. The molecule has 2 aromatic rings. The van der Waals surface area contributed by atoms with Gasteiger partial charge >= 0.3 is 0 Å². The fourth-order valence-electron chi connectivity index (χ4n) is 1.80. The number of benzene rings is 2. The lowest BCUT2D eigenvalue weighted by atomic mass is 10.0. The van der Waals surface area contributed by atoms with Gasteiger partial charge in [0.25, 0.3) is 0 Å². The third kappa shape index (κ3) is 2.33. The van der Waals surface area contributed by atoms with Gasteiger partial charge in [-0.15, -0.1) is 0 Å². The Labute approximate surface area is 120 Å². The molecule has 2 rings (SSSR count). The molecule has 2 aromatic carbocycles. The first-order chi connectivity index (χ1) is 8.69. The van der Waals surface area contributed by atoms with E-state index in [2.05, 4.69) is 15.9 Å². The zero-order chi connectivity index (χ0) is 13.1. The van der Waals surface area contributed by atoms with Crippen molar-refractivity contribution in [1.29, 1.82) is 0 Å². The van der Waals surface area contributed by atoms with E-state index < -0.39 is 0 Å². The van der Waals surface area contributed by atoms with Crippen LogP contribution in [0.25, 0.3) is 11.1 Å². The van der Waals surface area contributed by atoms with Gasteiger partial charge in [-0.3, -0.25) is 0 Å². The third-order valence-electron chi connectivity index (χ3n) is 2.64. The molecule has 0 aromatic heterocycles. The lowest BCUT2D eigenvalue weighted by Crippen LogP contribution is -1.91. The Bertz CT molecular complexity index is 570. The predicted molar refractivity (Wildman–Crippen MR) is 77.7 cm³/mol. The first-order valence-corrected chi connectivity index (χ1v) is 6.51. The van der Waals surface area contributed by atoms with Crippen LogP contribution in [0.2, 0.25) is 5.02 Å². The monoisotopic (exact) mass is 326 g/mol. The second kappa shape index (κ2) is 5.63. The van der Waals surface area contributed by atoms with Crippen LogP contribution in [0.4, 0.5) is 0 Å². The van der Waals surface area contributed by atoms with Crippen LogP contribution in [0.5, 0.6) is 11.5 Å². The van der Waals surface area contributed by atoms with E-state index >= 15 is 0 Å². The minimum absolute atomic E-state index is 0.580. The Morgan fingerprint density at radius 3 is 2.28 bits per heavy atom. The van der Waals surface area contributed by atoms with Crippen molar-refractivity contribution in [1.82, 2.24) is 0 Å². The summed E-state index contributed by atoms with van der Waals surface area (Å²) in [6.45, 7) is 0. The van der Waals surface area contributed by atoms with Crippen LogP contribution in [0, 0.1) is 0 Å². The van der Waals surface area contributed by atoms with E-state index in [0.29, 0.717) is 10.8 Å². The number of para-hydroxylation sites is 1. The van der Waals surface area contributed by atoms with Gasteiger partial charge in [0.05, 0.1) is 23.7 Å². The molecule has 0 heterocycles. The van der Waals surface area contributed by atoms with Crippen LogP contribution < -0.4 is 9.47 Å². The minimum atomic E-state index is 0.580. The summed E-state index contributed by atoms with van der Waals surface area (Å²) < 4.78 is 11.5. The average Bonchev–Trinajstić information content (AvgIpc) is 2.39. The van der Waals surface area contributed by atoms with Crippen molar-refractivity contribution < 1.29 is 9.47 Å². The van der Waals surface area contributed by atoms with E-state index in [1.54, 1.807) is 14.2 Å². The number of hydrogen-bond donors (Lipinski definition) is 0. The van der Waals surface area contributed by atoms with Crippen molar-refractivity contribution in [3.05, 3.63) is 45.9 Å². The molecule has 0 atom stereocenters. The van der Waals surface area contributed by atoms with Gasteiger partial charge in [-0.25, -0.2) is 0 Å². The molecule has 0 aliphatic rings. The Morgan fingerprint density at radius 1 is 0.944 bits per heavy atom. The van der Waals surface area contributed by atoms with E-state index in [-0.39, 0.29) is 0 Å². The van der Waals surface area contributed by atoms with Crippen LogP contribution in [0.1, 0.15) is 0 Å². The summed E-state index contributed by atoms with van der Waals surface area (Å²) in [6, 6.07) is 11.5. The molecule has 0 aliphatic heterocycles. The number of rotatable bonds is 3. The summed E-state index contributed by atoms with van der Waals surface area (Å²) in [5.41, 5.74) is 1.81. The van der Waals surface area contributed by atoms with E-state index in [4.69, 9.17) is 21.1 Å².